The van der Waals surface area contributed by atoms with Gasteiger partial charge in [0.25, 0.3) is 0 Å². The van der Waals surface area contributed by atoms with Gasteiger partial charge in [-0.3, -0.25) is 4.79 Å². The minimum atomic E-state index is -0.0478. The van der Waals surface area contributed by atoms with Crippen LogP contribution >= 0.6 is 11.3 Å². The van der Waals surface area contributed by atoms with E-state index in [-0.39, 0.29) is 11.9 Å². The van der Waals surface area contributed by atoms with E-state index >= 15 is 0 Å². The second kappa shape index (κ2) is 7.63. The van der Waals surface area contributed by atoms with E-state index in [1.54, 1.807) is 11.3 Å². The van der Waals surface area contributed by atoms with Gasteiger partial charge in [-0.15, -0.1) is 11.3 Å². The molecule has 0 unspecified atom stereocenters. The van der Waals surface area contributed by atoms with Crippen molar-refractivity contribution in [3.63, 3.8) is 0 Å². The number of methoxy groups -OCH3 is 1. The number of carbonyl (C=O) groups excluding carboxylic acids is 1. The number of rotatable bonds is 6. The Balaban J connectivity index is 1.64. The molecule has 8 heteroatoms. The Kier molecular flexibility index (Phi) is 5.10. The maximum atomic E-state index is 12.0. The van der Waals surface area contributed by atoms with Gasteiger partial charge in [-0.25, -0.2) is 4.98 Å². The van der Waals surface area contributed by atoms with Gasteiger partial charge in [0.1, 0.15) is 0 Å². The maximum Gasteiger partial charge on any atom is 0.229 e. The van der Waals surface area contributed by atoms with Gasteiger partial charge in [-0.05, 0) is 35.7 Å². The molecule has 0 saturated heterocycles. The summed E-state index contributed by atoms with van der Waals surface area (Å²) in [5, 5.41) is 7.94. The highest BCUT2D eigenvalue weighted by molar-refractivity contribution is 7.10. The molecule has 25 heavy (non-hydrogen) atoms. The molecule has 4 N–H and O–H groups in total. The number of nitrogens with two attached hydrogens (primary N) is 1. The van der Waals surface area contributed by atoms with Crippen molar-refractivity contribution in [2.24, 2.45) is 0 Å². The molecule has 1 amide bonds. The van der Waals surface area contributed by atoms with E-state index in [9.17, 15) is 4.79 Å². The molecule has 0 atom stereocenters. The molecular formula is C17H17N5O2S. The lowest BCUT2D eigenvalue weighted by Gasteiger charge is -2.11. The molecule has 0 saturated carbocycles. The van der Waals surface area contributed by atoms with Crippen LogP contribution in [-0.4, -0.2) is 23.0 Å². The number of ether oxygens (including phenoxy) is 1. The first kappa shape index (κ1) is 16.7. The summed E-state index contributed by atoms with van der Waals surface area (Å²) >= 11 is 1.57. The number of carbonyl (C=O) groups is 1. The SMILES string of the molecule is COc1cnc(N)nc1Nc1ccc(NC(=O)Cc2cccs2)cc1. The van der Waals surface area contributed by atoms with Crippen LogP contribution in [0.5, 0.6) is 5.75 Å². The molecule has 0 aliphatic rings. The minimum absolute atomic E-state index is 0.0478. The predicted octanol–water partition coefficient (Wildman–Crippen LogP) is 3.05. The molecule has 0 aliphatic heterocycles. The number of benzene rings is 1. The van der Waals surface area contributed by atoms with Crippen molar-refractivity contribution >= 4 is 40.4 Å². The van der Waals surface area contributed by atoms with Crippen molar-refractivity contribution in [1.29, 1.82) is 0 Å². The molecule has 0 aliphatic carbocycles. The van der Waals surface area contributed by atoms with Crippen molar-refractivity contribution in [1.82, 2.24) is 9.97 Å². The quantitative estimate of drug-likeness (QED) is 0.628. The van der Waals surface area contributed by atoms with Crippen LogP contribution < -0.4 is 21.1 Å². The lowest BCUT2D eigenvalue weighted by atomic mass is 10.2. The van der Waals surface area contributed by atoms with Crippen LogP contribution in [0.15, 0.2) is 48.0 Å². The Morgan fingerprint density at radius 2 is 2.00 bits per heavy atom. The third-order valence-corrected chi connectivity index (χ3v) is 4.22. The van der Waals surface area contributed by atoms with Gasteiger partial charge < -0.3 is 21.1 Å². The summed E-state index contributed by atoms with van der Waals surface area (Å²) in [5.74, 6) is 1.07. The van der Waals surface area contributed by atoms with Gasteiger partial charge >= 0.3 is 0 Å². The number of thiophene rings is 1. The zero-order valence-corrected chi connectivity index (χ0v) is 14.3. The van der Waals surface area contributed by atoms with Crippen LogP contribution in [0.3, 0.4) is 0 Å². The van der Waals surface area contributed by atoms with Gasteiger partial charge in [0.05, 0.1) is 19.7 Å². The zero-order valence-electron chi connectivity index (χ0n) is 13.5. The van der Waals surface area contributed by atoms with Gasteiger partial charge in [0, 0.05) is 16.3 Å². The second-order valence-electron chi connectivity index (χ2n) is 5.15. The fourth-order valence-electron chi connectivity index (χ4n) is 2.17. The average molecular weight is 355 g/mol. The number of nitrogens with one attached hydrogen (secondary N) is 2. The first-order chi connectivity index (χ1) is 12.1. The molecule has 0 radical (unpaired) electrons. The van der Waals surface area contributed by atoms with Crippen LogP contribution in [0.4, 0.5) is 23.1 Å². The molecule has 2 aromatic heterocycles. The summed E-state index contributed by atoms with van der Waals surface area (Å²) in [6, 6.07) is 11.2. The summed E-state index contributed by atoms with van der Waals surface area (Å²) in [6.07, 6.45) is 1.87. The van der Waals surface area contributed by atoms with Crippen molar-refractivity contribution in [3.05, 3.63) is 52.9 Å². The maximum absolute atomic E-state index is 12.0. The predicted molar refractivity (Wildman–Crippen MR) is 99.4 cm³/mol. The summed E-state index contributed by atoms with van der Waals surface area (Å²) < 4.78 is 5.20. The Labute approximate surface area is 148 Å². The van der Waals surface area contributed by atoms with Gasteiger partial charge in [-0.2, -0.15) is 4.98 Å². The molecule has 0 fully saturated rings. The molecule has 0 bridgehead atoms. The highest BCUT2D eigenvalue weighted by Crippen LogP contribution is 2.25. The van der Waals surface area contributed by atoms with Crippen molar-refractivity contribution in [2.75, 3.05) is 23.5 Å². The summed E-state index contributed by atoms with van der Waals surface area (Å²) in [4.78, 5) is 21.0. The smallest absolute Gasteiger partial charge is 0.229 e. The Bertz CT molecular complexity index is 850. The molecule has 2 heterocycles. The molecule has 0 spiro atoms. The fraction of sp³-hybridized carbons (Fsp3) is 0.118. The van der Waals surface area contributed by atoms with Crippen molar-refractivity contribution in [3.8, 4) is 5.75 Å². The van der Waals surface area contributed by atoms with E-state index in [0.29, 0.717) is 18.0 Å². The summed E-state index contributed by atoms with van der Waals surface area (Å²) in [6.45, 7) is 0. The summed E-state index contributed by atoms with van der Waals surface area (Å²) in [7, 11) is 1.53. The van der Waals surface area contributed by atoms with E-state index in [1.165, 1.54) is 13.3 Å². The van der Waals surface area contributed by atoms with Gasteiger partial charge in [0.15, 0.2) is 11.6 Å². The van der Waals surface area contributed by atoms with E-state index in [4.69, 9.17) is 10.5 Å². The third kappa shape index (κ3) is 4.45. The number of anilines is 4. The second-order valence-corrected chi connectivity index (χ2v) is 6.18. The van der Waals surface area contributed by atoms with Crippen LogP contribution in [0.1, 0.15) is 4.88 Å². The Morgan fingerprint density at radius 1 is 1.24 bits per heavy atom. The van der Waals surface area contributed by atoms with Crippen LogP contribution in [0, 0.1) is 0 Å². The number of hydrogen-bond donors (Lipinski definition) is 3. The van der Waals surface area contributed by atoms with E-state index in [2.05, 4.69) is 20.6 Å². The largest absolute Gasteiger partial charge is 0.491 e. The zero-order chi connectivity index (χ0) is 17.6. The minimum Gasteiger partial charge on any atom is -0.491 e. The van der Waals surface area contributed by atoms with Gasteiger partial charge in [-0.1, -0.05) is 6.07 Å². The molecule has 128 valence electrons. The average Bonchev–Trinajstić information content (AvgIpc) is 3.10. The molecule has 7 nitrogen and oxygen atoms in total. The normalized spacial score (nSPS) is 10.3. The number of nitrogen functional groups attached to an aromatic ring is 1. The third-order valence-electron chi connectivity index (χ3n) is 3.34. The van der Waals surface area contributed by atoms with Crippen LogP contribution in [0.2, 0.25) is 0 Å². The Morgan fingerprint density at radius 3 is 2.68 bits per heavy atom. The van der Waals surface area contributed by atoms with E-state index < -0.39 is 0 Å². The summed E-state index contributed by atoms with van der Waals surface area (Å²) in [5.41, 5.74) is 7.11. The van der Waals surface area contributed by atoms with E-state index in [1.807, 2.05) is 41.8 Å². The highest BCUT2D eigenvalue weighted by atomic mass is 32.1. The lowest BCUT2D eigenvalue weighted by molar-refractivity contribution is -0.115. The highest BCUT2D eigenvalue weighted by Gasteiger charge is 2.08. The first-order valence-corrected chi connectivity index (χ1v) is 8.38. The number of amides is 1. The lowest BCUT2D eigenvalue weighted by Crippen LogP contribution is -2.13. The van der Waals surface area contributed by atoms with Crippen molar-refractivity contribution in [2.45, 2.75) is 6.42 Å². The number of hydrogen-bond acceptors (Lipinski definition) is 7. The topological polar surface area (TPSA) is 102 Å². The standard InChI is InChI=1S/C17H17N5O2S/c1-24-14-10-19-17(18)22-16(14)21-12-6-4-11(5-7-12)20-15(23)9-13-3-2-8-25-13/h2-8,10H,9H2,1H3,(H,20,23)(H3,18,19,21,22). The number of aromatic nitrogens is 2. The molecule has 1 aromatic carbocycles. The monoisotopic (exact) mass is 355 g/mol. The first-order valence-electron chi connectivity index (χ1n) is 7.50. The van der Waals surface area contributed by atoms with Crippen LogP contribution in [0.25, 0.3) is 0 Å². The number of nitrogens with zero attached hydrogens (tertiary/aromatic N) is 2. The molecule has 3 rings (SSSR count). The van der Waals surface area contributed by atoms with Gasteiger partial charge in [0.2, 0.25) is 11.9 Å². The molecule has 3 aromatic rings. The Hall–Kier alpha value is -3.13. The van der Waals surface area contributed by atoms with Crippen molar-refractivity contribution < 1.29 is 9.53 Å². The fourth-order valence-corrected chi connectivity index (χ4v) is 2.88. The van der Waals surface area contributed by atoms with E-state index in [0.717, 1.165) is 16.3 Å². The molecular weight excluding hydrogens is 338 g/mol. The van der Waals surface area contributed by atoms with Crippen LogP contribution in [-0.2, 0) is 11.2 Å².